The van der Waals surface area contributed by atoms with E-state index in [1.165, 1.54) is 76.2 Å². The van der Waals surface area contributed by atoms with Crippen LogP contribution in [-0.2, 0) is 75.2 Å². The smallest absolute Gasteiger partial charge is 0.326 e. The van der Waals surface area contributed by atoms with Gasteiger partial charge in [-0.3, -0.25) is 57.5 Å². The molecule has 0 radical (unpaired) electrons. The van der Waals surface area contributed by atoms with Gasteiger partial charge in [0.05, 0.1) is 18.6 Å². The van der Waals surface area contributed by atoms with Crippen molar-refractivity contribution in [2.24, 2.45) is 29.2 Å². The van der Waals surface area contributed by atoms with Crippen molar-refractivity contribution in [2.75, 3.05) is 6.54 Å². The largest absolute Gasteiger partial charge is 0.508 e. The number of nitrogens with two attached hydrogens (primary N) is 2. The van der Waals surface area contributed by atoms with Crippen molar-refractivity contribution in [1.82, 2.24) is 47.9 Å². The maximum absolute atomic E-state index is 14.2. The van der Waals surface area contributed by atoms with Gasteiger partial charge in [-0.1, -0.05) is 72.2 Å². The van der Waals surface area contributed by atoms with Gasteiger partial charge in [0.2, 0.25) is 53.2 Å². The molecule has 88 heavy (non-hydrogen) atoms. The monoisotopic (exact) mass is 1240 g/mol. The molecule has 0 unspecified atom stereocenters. The predicted molar refractivity (Wildman–Crippen MR) is 312 cm³/mol. The second-order valence-corrected chi connectivity index (χ2v) is 21.9. The van der Waals surface area contributed by atoms with Gasteiger partial charge in [-0.05, 0) is 92.3 Å². The Morgan fingerprint density at radius 3 is 1.20 bits per heavy atom. The maximum Gasteiger partial charge on any atom is 0.326 e. The van der Waals surface area contributed by atoms with E-state index in [-0.39, 0.29) is 50.1 Å². The summed E-state index contributed by atoms with van der Waals surface area (Å²) in [6.45, 7) is 10.3. The zero-order valence-electron chi connectivity index (χ0n) is 50.1. The van der Waals surface area contributed by atoms with E-state index < -0.39 is 187 Å². The van der Waals surface area contributed by atoms with Crippen molar-refractivity contribution in [3.8, 4) is 11.5 Å². The van der Waals surface area contributed by atoms with Crippen molar-refractivity contribution in [3.05, 3.63) is 59.7 Å². The number of hydrogen-bond acceptors (Lipinski definition) is 18. The third-order valence-corrected chi connectivity index (χ3v) is 14.0. The summed E-state index contributed by atoms with van der Waals surface area (Å²) in [6.07, 6.45) is -5.19. The van der Waals surface area contributed by atoms with Crippen LogP contribution in [-0.4, -0.2) is 186 Å². The molecule has 0 spiro atoms. The zero-order chi connectivity index (χ0) is 66.7. The van der Waals surface area contributed by atoms with Crippen LogP contribution in [0.4, 0.5) is 0 Å². The molecule has 20 N–H and O–H groups in total. The first kappa shape index (κ1) is 75.1. The average molecular weight is 1240 g/mol. The standard InChI is InChI=1S/C57H85N11O20/c1-8-29(6)46(57(87)88)67-52(82)38(24-31-11-15-33(70)16-12-31)63-51(81)40(26-43(76)77)64-54(84)44(27(2)3)66-55(85)45(28(4)5)65-50(80)37(20-22-42(74)75)61-56(86)47(30(7)69)68-53(83)39(25-32-13-17-34(71)18-14-32)62-49(79)36(10-9-23-58)60-48(78)35(59)19-21-41(72)73/h11-18,27-30,35-40,44-47,69-71H,8-10,19-26,58-59H2,1-7H3,(H,60,78)(H,61,86)(H,62,79)(H,63,81)(H,64,84)(H,65,80)(H,66,85)(H,67,82)(H,68,83)(H,72,73)(H,74,75)(H,76,77)(H,87,88)/t29-,30+,35-,36-,37-,38-,39-,40-,44-,45-,46-,47-/m0/s1. The molecule has 0 bridgehead atoms. The number of carboxylic acid groups (broad SMARTS) is 4. The highest BCUT2D eigenvalue weighted by Crippen LogP contribution is 2.17. The normalized spacial score (nSPS) is 15.3. The number of aliphatic carboxylic acids is 4. The molecule has 0 aliphatic rings. The molecule has 2 aromatic rings. The minimum atomic E-state index is -1.95. The predicted octanol–water partition coefficient (Wildman–Crippen LogP) is -2.66. The van der Waals surface area contributed by atoms with Gasteiger partial charge in [0.25, 0.3) is 0 Å². The first-order chi connectivity index (χ1) is 41.2. The first-order valence-corrected chi connectivity index (χ1v) is 28.5. The molecule has 0 saturated heterocycles. The molecule has 0 heterocycles. The molecule has 0 saturated carbocycles. The van der Waals surface area contributed by atoms with Crippen LogP contribution in [0, 0.1) is 17.8 Å². The Morgan fingerprint density at radius 2 is 0.784 bits per heavy atom. The van der Waals surface area contributed by atoms with E-state index in [0.29, 0.717) is 17.5 Å². The summed E-state index contributed by atoms with van der Waals surface area (Å²) in [5.74, 6) is -17.9. The fourth-order valence-electron chi connectivity index (χ4n) is 8.58. The lowest BCUT2D eigenvalue weighted by Crippen LogP contribution is -2.63. The average Bonchev–Trinajstić information content (AvgIpc) is 1.67. The lowest BCUT2D eigenvalue weighted by atomic mass is 9.97. The molecule has 2 rings (SSSR count). The first-order valence-electron chi connectivity index (χ1n) is 28.5. The summed E-state index contributed by atoms with van der Waals surface area (Å²) in [6, 6.07) is -5.38. The number of phenolic OH excluding ortho intramolecular Hbond substituents is 2. The number of benzene rings is 2. The van der Waals surface area contributed by atoms with Crippen molar-refractivity contribution in [3.63, 3.8) is 0 Å². The summed E-state index contributed by atoms with van der Waals surface area (Å²) >= 11 is 0. The Balaban J connectivity index is 2.46. The van der Waals surface area contributed by atoms with Gasteiger partial charge in [0, 0.05) is 25.7 Å². The molecule has 0 fully saturated rings. The second-order valence-electron chi connectivity index (χ2n) is 21.9. The Labute approximate surface area is 507 Å². The van der Waals surface area contributed by atoms with E-state index in [1.807, 2.05) is 0 Å². The SMILES string of the molecule is CC[C@H](C)[C@H](NC(=O)[C@H](Cc1ccc(O)cc1)NC(=O)[C@H](CC(=O)O)NC(=O)[C@@H](NC(=O)[C@@H](NC(=O)[C@H](CCC(=O)O)NC(=O)[C@@H](NC(=O)[C@H](Cc1ccc(O)cc1)NC(=O)[C@H](CCCN)NC(=O)[C@@H](N)CCC(=O)O)[C@@H](C)O)C(C)C)C(C)C)C(=O)O. The molecule has 488 valence electrons. The molecule has 9 amide bonds. The Kier molecular flexibility index (Phi) is 31.5. The minimum Gasteiger partial charge on any atom is -0.508 e. The Bertz CT molecular complexity index is 2750. The van der Waals surface area contributed by atoms with Gasteiger partial charge in [-0.2, -0.15) is 0 Å². The zero-order valence-corrected chi connectivity index (χ0v) is 50.1. The number of rotatable bonds is 39. The molecular weight excluding hydrogens is 1160 g/mol. The number of aromatic hydroxyl groups is 2. The number of hydrogen-bond donors (Lipinski definition) is 18. The lowest BCUT2D eigenvalue weighted by Gasteiger charge is -2.30. The highest BCUT2D eigenvalue weighted by Gasteiger charge is 2.39. The van der Waals surface area contributed by atoms with Crippen LogP contribution < -0.4 is 59.3 Å². The summed E-state index contributed by atoms with van der Waals surface area (Å²) in [4.78, 5) is 172. The van der Waals surface area contributed by atoms with Gasteiger partial charge >= 0.3 is 23.9 Å². The van der Waals surface area contributed by atoms with Crippen LogP contribution in [0.2, 0.25) is 0 Å². The Morgan fingerprint density at radius 1 is 0.432 bits per heavy atom. The molecule has 2 aromatic carbocycles. The van der Waals surface area contributed by atoms with Crippen molar-refractivity contribution >= 4 is 77.0 Å². The summed E-state index contributed by atoms with van der Waals surface area (Å²) in [7, 11) is 0. The number of phenols is 2. The third kappa shape index (κ3) is 25.9. The number of amides is 9. The molecule has 0 aliphatic heterocycles. The van der Waals surface area contributed by atoms with Gasteiger partial charge in [-0.15, -0.1) is 0 Å². The fourth-order valence-corrected chi connectivity index (χ4v) is 8.58. The number of carboxylic acids is 4. The van der Waals surface area contributed by atoms with E-state index in [4.69, 9.17) is 16.6 Å². The van der Waals surface area contributed by atoms with Crippen molar-refractivity contribution < 1.29 is 98.1 Å². The minimum absolute atomic E-state index is 0.0566. The third-order valence-electron chi connectivity index (χ3n) is 14.0. The molecular formula is C57H85N11O20. The van der Waals surface area contributed by atoms with Crippen LogP contribution in [0.25, 0.3) is 0 Å². The van der Waals surface area contributed by atoms with E-state index in [2.05, 4.69) is 47.9 Å². The number of aliphatic hydroxyl groups excluding tert-OH is 1. The summed E-state index contributed by atoms with van der Waals surface area (Å²) in [5.41, 5.74) is 12.3. The molecule has 12 atom stereocenters. The number of carbonyl (C=O) groups excluding carboxylic acids is 9. The van der Waals surface area contributed by atoms with Gasteiger partial charge in [0.1, 0.15) is 65.9 Å². The van der Waals surface area contributed by atoms with E-state index in [0.717, 1.165) is 6.92 Å². The van der Waals surface area contributed by atoms with Crippen LogP contribution in [0.3, 0.4) is 0 Å². The quantitative estimate of drug-likeness (QED) is 0.0325. The van der Waals surface area contributed by atoms with E-state index in [1.54, 1.807) is 13.8 Å². The van der Waals surface area contributed by atoms with Gasteiger partial charge in [0.15, 0.2) is 0 Å². The van der Waals surface area contributed by atoms with Gasteiger partial charge in [-0.25, -0.2) is 4.79 Å². The highest BCUT2D eigenvalue weighted by molar-refractivity contribution is 5.99. The number of nitrogens with one attached hydrogen (secondary N) is 9. The van der Waals surface area contributed by atoms with Crippen LogP contribution in [0.15, 0.2) is 48.5 Å². The second kappa shape index (κ2) is 36.9. The number of carbonyl (C=O) groups is 13. The van der Waals surface area contributed by atoms with Crippen molar-refractivity contribution in [2.45, 2.75) is 179 Å². The molecule has 0 aliphatic carbocycles. The van der Waals surface area contributed by atoms with Crippen molar-refractivity contribution in [1.29, 1.82) is 0 Å². The maximum atomic E-state index is 14.2. The summed E-state index contributed by atoms with van der Waals surface area (Å²) < 4.78 is 0. The van der Waals surface area contributed by atoms with Gasteiger partial charge < -0.3 is 95.1 Å². The molecule has 0 aromatic heterocycles. The van der Waals surface area contributed by atoms with Crippen LogP contribution in [0.5, 0.6) is 11.5 Å². The molecule has 31 heteroatoms. The lowest BCUT2D eigenvalue weighted by molar-refractivity contribution is -0.144. The highest BCUT2D eigenvalue weighted by atomic mass is 16.4. The van der Waals surface area contributed by atoms with Crippen LogP contribution in [0.1, 0.15) is 111 Å². The topological polar surface area (TPSA) is 524 Å². The van der Waals surface area contributed by atoms with E-state index >= 15 is 0 Å². The summed E-state index contributed by atoms with van der Waals surface area (Å²) in [5, 5.41) is 90.6. The van der Waals surface area contributed by atoms with E-state index in [9.17, 15) is 93.0 Å². The molecule has 31 nitrogen and oxygen atoms in total. The van der Waals surface area contributed by atoms with Crippen LogP contribution >= 0.6 is 0 Å². The Hall–Kier alpha value is -8.97. The number of aliphatic hydroxyl groups is 1. The fraction of sp³-hybridized carbons (Fsp3) is 0.561.